The molecule has 0 N–H and O–H groups in total. The van der Waals surface area contributed by atoms with Crippen molar-refractivity contribution >= 4 is 5.71 Å². The van der Waals surface area contributed by atoms with E-state index in [0.29, 0.717) is 0 Å². The molecular weight excluding hydrogens is 158 g/mol. The lowest BCUT2D eigenvalue weighted by atomic mass is 10.1. The third-order valence-corrected chi connectivity index (χ3v) is 1.38. The summed E-state index contributed by atoms with van der Waals surface area (Å²) in [6.45, 7) is 10.4. The predicted octanol–water partition coefficient (Wildman–Crippen LogP) is 3.77. The monoisotopic (exact) mass is 179 g/mol. The number of rotatable bonds is 3. The molecule has 0 saturated carbocycles. The van der Waals surface area contributed by atoms with E-state index in [1.165, 1.54) is 5.71 Å². The van der Waals surface area contributed by atoms with Gasteiger partial charge < -0.3 is 0 Å². The Morgan fingerprint density at radius 2 is 1.85 bits per heavy atom. The Morgan fingerprint density at radius 3 is 2.31 bits per heavy atom. The van der Waals surface area contributed by atoms with E-state index < -0.39 is 0 Å². The van der Waals surface area contributed by atoms with E-state index in [0.717, 1.165) is 6.42 Å². The zero-order valence-electron chi connectivity index (χ0n) is 9.46. The molecule has 0 atom stereocenters. The molecule has 0 aromatic rings. The molecule has 0 radical (unpaired) electrons. The fraction of sp³-hybridized carbons (Fsp3) is 0.583. The van der Waals surface area contributed by atoms with Gasteiger partial charge in [0.2, 0.25) is 0 Å². The third-order valence-electron chi connectivity index (χ3n) is 1.38. The summed E-state index contributed by atoms with van der Waals surface area (Å²) in [5.74, 6) is 0. The molecule has 1 nitrogen and oxygen atoms in total. The molecule has 0 aliphatic heterocycles. The number of aliphatic imine (C=N–C) groups is 1. The first-order valence-electron chi connectivity index (χ1n) is 4.79. The molecule has 0 fully saturated rings. The van der Waals surface area contributed by atoms with Gasteiger partial charge in [-0.3, -0.25) is 4.99 Å². The molecule has 0 aliphatic rings. The number of hydrogen-bond acceptors (Lipinski definition) is 1. The largest absolute Gasteiger partial charge is 0.288 e. The van der Waals surface area contributed by atoms with Crippen molar-refractivity contribution in [2.24, 2.45) is 4.99 Å². The van der Waals surface area contributed by atoms with Crippen molar-refractivity contribution in [1.29, 1.82) is 0 Å². The van der Waals surface area contributed by atoms with Crippen molar-refractivity contribution < 1.29 is 0 Å². The van der Waals surface area contributed by atoms with Crippen molar-refractivity contribution in [2.75, 3.05) is 0 Å². The maximum atomic E-state index is 4.55. The van der Waals surface area contributed by atoms with Gasteiger partial charge in [0.25, 0.3) is 0 Å². The van der Waals surface area contributed by atoms with Crippen LogP contribution in [0.4, 0.5) is 0 Å². The topological polar surface area (TPSA) is 12.4 Å². The first kappa shape index (κ1) is 12.2. The predicted molar refractivity (Wildman–Crippen MR) is 61.4 cm³/mol. The molecule has 0 unspecified atom stereocenters. The van der Waals surface area contributed by atoms with Gasteiger partial charge in [-0.2, -0.15) is 0 Å². The van der Waals surface area contributed by atoms with Gasteiger partial charge in [-0.25, -0.2) is 0 Å². The van der Waals surface area contributed by atoms with E-state index in [1.807, 2.05) is 19.1 Å². The van der Waals surface area contributed by atoms with Gasteiger partial charge in [0, 0.05) is 12.1 Å². The van der Waals surface area contributed by atoms with Gasteiger partial charge in [0.15, 0.2) is 0 Å². The standard InChI is InChI=1S/C12H21N/c1-6-7-8-9-10-11(2)13-12(3,4)5/h6-9H,10H2,1-5H3/b7-6+,9-8+,13-11-. The molecule has 0 bridgehead atoms. The second-order valence-electron chi connectivity index (χ2n) is 4.18. The molecule has 0 aromatic heterocycles. The Balaban J connectivity index is 4.01. The highest BCUT2D eigenvalue weighted by Crippen LogP contribution is 2.07. The fourth-order valence-corrected chi connectivity index (χ4v) is 1.05. The van der Waals surface area contributed by atoms with Crippen LogP contribution in [0.25, 0.3) is 0 Å². The Bertz CT molecular complexity index is 214. The SMILES string of the molecule is C/C=C/C=C/C/C(C)=N\C(C)(C)C. The summed E-state index contributed by atoms with van der Waals surface area (Å²) in [7, 11) is 0. The molecule has 0 heterocycles. The number of hydrogen-bond donors (Lipinski definition) is 0. The van der Waals surface area contributed by atoms with Crippen LogP contribution in [0.3, 0.4) is 0 Å². The van der Waals surface area contributed by atoms with Crippen LogP contribution in [0.5, 0.6) is 0 Å². The molecule has 0 rings (SSSR count). The van der Waals surface area contributed by atoms with Crippen LogP contribution < -0.4 is 0 Å². The maximum Gasteiger partial charge on any atom is 0.0523 e. The number of nitrogens with zero attached hydrogens (tertiary/aromatic N) is 1. The quantitative estimate of drug-likeness (QED) is 0.462. The highest BCUT2D eigenvalue weighted by Gasteiger charge is 2.06. The summed E-state index contributed by atoms with van der Waals surface area (Å²) in [4.78, 5) is 4.55. The normalized spacial score (nSPS) is 14.7. The average molecular weight is 179 g/mol. The van der Waals surface area contributed by atoms with Crippen molar-refractivity contribution in [3.63, 3.8) is 0 Å². The minimum Gasteiger partial charge on any atom is -0.288 e. The van der Waals surface area contributed by atoms with Gasteiger partial charge >= 0.3 is 0 Å². The minimum absolute atomic E-state index is 0.0541. The summed E-state index contributed by atoms with van der Waals surface area (Å²) >= 11 is 0. The second-order valence-corrected chi connectivity index (χ2v) is 4.18. The maximum absolute atomic E-state index is 4.55. The summed E-state index contributed by atoms with van der Waals surface area (Å²) in [6.07, 6.45) is 9.19. The Hall–Kier alpha value is -0.850. The molecule has 0 saturated heterocycles. The van der Waals surface area contributed by atoms with E-state index in [2.05, 4.69) is 44.8 Å². The fourth-order valence-electron chi connectivity index (χ4n) is 1.05. The summed E-state index contributed by atoms with van der Waals surface area (Å²) < 4.78 is 0. The van der Waals surface area contributed by atoms with E-state index >= 15 is 0 Å². The summed E-state index contributed by atoms with van der Waals surface area (Å²) in [5.41, 5.74) is 1.24. The second kappa shape index (κ2) is 5.74. The van der Waals surface area contributed by atoms with Gasteiger partial charge in [0.1, 0.15) is 0 Å². The van der Waals surface area contributed by atoms with E-state index in [1.54, 1.807) is 0 Å². The Kier molecular flexibility index (Phi) is 5.36. The zero-order valence-corrected chi connectivity index (χ0v) is 9.46. The lowest BCUT2D eigenvalue weighted by Crippen LogP contribution is -2.12. The van der Waals surface area contributed by atoms with Crippen molar-refractivity contribution in [1.82, 2.24) is 0 Å². The van der Waals surface area contributed by atoms with Crippen LogP contribution in [0, 0.1) is 0 Å². The average Bonchev–Trinajstić information content (AvgIpc) is 1.94. The number of allylic oxidation sites excluding steroid dienone is 4. The lowest BCUT2D eigenvalue weighted by Gasteiger charge is -2.13. The first-order valence-corrected chi connectivity index (χ1v) is 4.79. The summed E-state index contributed by atoms with van der Waals surface area (Å²) in [5, 5.41) is 0. The van der Waals surface area contributed by atoms with Crippen LogP contribution >= 0.6 is 0 Å². The highest BCUT2D eigenvalue weighted by atomic mass is 14.8. The van der Waals surface area contributed by atoms with Crippen molar-refractivity contribution in [2.45, 2.75) is 46.6 Å². The smallest absolute Gasteiger partial charge is 0.0523 e. The molecular formula is C12H21N. The molecule has 1 heteroatoms. The van der Waals surface area contributed by atoms with Crippen LogP contribution in [0.2, 0.25) is 0 Å². The molecule has 0 aromatic carbocycles. The van der Waals surface area contributed by atoms with Crippen LogP contribution in [-0.2, 0) is 0 Å². The van der Waals surface area contributed by atoms with Gasteiger partial charge in [-0.05, 0) is 34.6 Å². The Morgan fingerprint density at radius 1 is 1.23 bits per heavy atom. The molecule has 0 aliphatic carbocycles. The van der Waals surface area contributed by atoms with Gasteiger partial charge in [-0.15, -0.1) is 0 Å². The molecule has 0 spiro atoms. The van der Waals surface area contributed by atoms with Crippen LogP contribution in [-0.4, -0.2) is 11.3 Å². The van der Waals surface area contributed by atoms with Crippen molar-refractivity contribution in [3.05, 3.63) is 24.3 Å². The lowest BCUT2D eigenvalue weighted by molar-refractivity contribution is 0.582. The van der Waals surface area contributed by atoms with Crippen LogP contribution in [0.1, 0.15) is 41.0 Å². The van der Waals surface area contributed by atoms with E-state index in [4.69, 9.17) is 0 Å². The van der Waals surface area contributed by atoms with Crippen LogP contribution in [0.15, 0.2) is 29.3 Å². The van der Waals surface area contributed by atoms with Gasteiger partial charge in [-0.1, -0.05) is 24.3 Å². The molecule has 74 valence electrons. The molecule has 13 heavy (non-hydrogen) atoms. The third kappa shape index (κ3) is 9.06. The van der Waals surface area contributed by atoms with Crippen molar-refractivity contribution in [3.8, 4) is 0 Å². The molecule has 0 amide bonds. The Labute approximate surface area is 82.3 Å². The summed E-state index contributed by atoms with van der Waals surface area (Å²) in [6, 6.07) is 0. The van der Waals surface area contributed by atoms with E-state index in [-0.39, 0.29) is 5.54 Å². The van der Waals surface area contributed by atoms with Gasteiger partial charge in [0.05, 0.1) is 5.54 Å². The zero-order chi connectivity index (χ0) is 10.3. The first-order chi connectivity index (χ1) is 5.95. The van der Waals surface area contributed by atoms with E-state index in [9.17, 15) is 0 Å². The highest BCUT2D eigenvalue weighted by molar-refractivity contribution is 5.83. The minimum atomic E-state index is 0.0541.